The van der Waals surface area contributed by atoms with E-state index in [1.807, 2.05) is 0 Å². The van der Waals surface area contributed by atoms with Crippen LogP contribution < -0.4 is 5.73 Å². The third kappa shape index (κ3) is 2.35. The molecule has 1 aromatic carbocycles. The molecular weight excluding hydrogens is 205 g/mol. The van der Waals surface area contributed by atoms with Crippen molar-refractivity contribution in [1.29, 1.82) is 0 Å². The van der Waals surface area contributed by atoms with Gasteiger partial charge in [-0.15, -0.1) is 0 Å². The first-order valence-electron chi connectivity index (χ1n) is 4.11. The predicted molar refractivity (Wildman–Crippen MR) is 49.0 cm³/mol. The summed E-state index contributed by atoms with van der Waals surface area (Å²) in [6.07, 6.45) is -0.255. The van der Waals surface area contributed by atoms with Crippen LogP contribution in [0.15, 0.2) is 12.1 Å². The second kappa shape index (κ2) is 4.14. The van der Waals surface area contributed by atoms with E-state index in [1.54, 1.807) is 0 Å². The highest BCUT2D eigenvalue weighted by Gasteiger charge is 2.18. The minimum atomic E-state index is -1.26. The van der Waals surface area contributed by atoms with Crippen LogP contribution in [0.2, 0.25) is 0 Å². The van der Waals surface area contributed by atoms with Crippen LogP contribution in [-0.2, 0) is 11.2 Å². The molecule has 0 radical (unpaired) electrons. The molecule has 0 heterocycles. The second-order valence-corrected chi connectivity index (χ2v) is 3.06. The smallest absolute Gasteiger partial charge is 0.320 e. The summed E-state index contributed by atoms with van der Waals surface area (Å²) in [6.45, 7) is 0. The number of phenolic OH excluding ortho intramolecular Hbond substituents is 2. The Kier molecular flexibility index (Phi) is 3.11. The van der Waals surface area contributed by atoms with E-state index in [0.717, 1.165) is 6.07 Å². The lowest BCUT2D eigenvalue weighted by Gasteiger charge is -2.08. The van der Waals surface area contributed by atoms with Gasteiger partial charge in [0.2, 0.25) is 0 Å². The van der Waals surface area contributed by atoms with Crippen molar-refractivity contribution in [2.75, 3.05) is 0 Å². The van der Waals surface area contributed by atoms with E-state index in [4.69, 9.17) is 21.1 Å². The molecule has 0 amide bonds. The van der Waals surface area contributed by atoms with Crippen molar-refractivity contribution in [3.63, 3.8) is 0 Å². The number of hydrogen-bond acceptors (Lipinski definition) is 4. The van der Waals surface area contributed by atoms with Crippen molar-refractivity contribution in [3.8, 4) is 11.5 Å². The van der Waals surface area contributed by atoms with Crippen LogP contribution >= 0.6 is 0 Å². The summed E-state index contributed by atoms with van der Waals surface area (Å²) in [4.78, 5) is 10.4. The molecule has 0 saturated carbocycles. The van der Waals surface area contributed by atoms with Gasteiger partial charge in [0.25, 0.3) is 0 Å². The Balaban J connectivity index is 2.97. The Bertz CT molecular complexity index is 394. The van der Waals surface area contributed by atoms with Crippen LogP contribution in [0.3, 0.4) is 0 Å². The molecule has 1 unspecified atom stereocenters. The zero-order valence-corrected chi connectivity index (χ0v) is 7.64. The summed E-state index contributed by atoms with van der Waals surface area (Å²) in [5.74, 6) is -3.81. The monoisotopic (exact) mass is 215 g/mol. The molecule has 1 aromatic rings. The van der Waals surface area contributed by atoms with Gasteiger partial charge in [0, 0.05) is 6.42 Å². The highest BCUT2D eigenvalue weighted by atomic mass is 19.1. The van der Waals surface area contributed by atoms with E-state index in [2.05, 4.69) is 0 Å². The van der Waals surface area contributed by atoms with E-state index in [9.17, 15) is 9.18 Å². The van der Waals surface area contributed by atoms with Gasteiger partial charge in [-0.1, -0.05) is 6.07 Å². The third-order valence-corrected chi connectivity index (χ3v) is 1.93. The molecule has 0 aromatic heterocycles. The van der Waals surface area contributed by atoms with Crippen molar-refractivity contribution in [3.05, 3.63) is 23.5 Å². The van der Waals surface area contributed by atoms with Gasteiger partial charge in [-0.05, 0) is 11.6 Å². The summed E-state index contributed by atoms with van der Waals surface area (Å²) in [5.41, 5.74) is 5.14. The van der Waals surface area contributed by atoms with Crippen molar-refractivity contribution in [2.24, 2.45) is 5.73 Å². The number of aromatic hydroxyl groups is 2. The van der Waals surface area contributed by atoms with Crippen LogP contribution in [-0.4, -0.2) is 27.3 Å². The summed E-state index contributed by atoms with van der Waals surface area (Å²) in [7, 11) is 0. The number of carbonyl (C=O) groups is 1. The lowest BCUT2D eigenvalue weighted by Crippen LogP contribution is -2.32. The number of halogens is 1. The molecule has 0 aliphatic carbocycles. The highest BCUT2D eigenvalue weighted by molar-refractivity contribution is 5.73. The van der Waals surface area contributed by atoms with Crippen molar-refractivity contribution in [1.82, 2.24) is 0 Å². The van der Waals surface area contributed by atoms with Crippen molar-refractivity contribution in [2.45, 2.75) is 12.5 Å². The van der Waals surface area contributed by atoms with Gasteiger partial charge in [0.05, 0.1) is 0 Å². The first-order valence-corrected chi connectivity index (χ1v) is 4.11. The maximum absolute atomic E-state index is 13.2. The van der Waals surface area contributed by atoms with Crippen LogP contribution in [0.4, 0.5) is 4.39 Å². The normalized spacial score (nSPS) is 12.4. The summed E-state index contributed by atoms with van der Waals surface area (Å²) >= 11 is 0. The number of hydrogen-bond donors (Lipinski definition) is 4. The topological polar surface area (TPSA) is 104 Å². The van der Waals surface area contributed by atoms with Gasteiger partial charge < -0.3 is 21.1 Å². The van der Waals surface area contributed by atoms with E-state index in [1.165, 1.54) is 6.07 Å². The number of carboxylic acid groups (broad SMARTS) is 1. The molecule has 1 rings (SSSR count). The third-order valence-electron chi connectivity index (χ3n) is 1.93. The molecule has 0 saturated heterocycles. The Hall–Kier alpha value is -1.82. The second-order valence-electron chi connectivity index (χ2n) is 3.06. The SMILES string of the molecule is NC(Cc1ccc(O)c(O)c1F)C(=O)O. The molecule has 5 N–H and O–H groups in total. The van der Waals surface area contributed by atoms with Gasteiger partial charge in [-0.3, -0.25) is 4.79 Å². The van der Waals surface area contributed by atoms with Crippen LogP contribution in [0.5, 0.6) is 11.5 Å². The largest absolute Gasteiger partial charge is 0.504 e. The lowest BCUT2D eigenvalue weighted by molar-refractivity contribution is -0.138. The molecule has 0 fully saturated rings. The standard InChI is InChI=1S/C9H10FNO4/c10-7-4(3-5(11)9(14)15)1-2-6(12)8(7)13/h1-2,5,12-13H,3,11H2,(H,14,15). The number of nitrogens with two attached hydrogens (primary N) is 1. The lowest BCUT2D eigenvalue weighted by atomic mass is 10.1. The Morgan fingerprint density at radius 3 is 2.60 bits per heavy atom. The van der Waals surface area contributed by atoms with E-state index >= 15 is 0 Å². The summed E-state index contributed by atoms with van der Waals surface area (Å²) in [6, 6.07) is 0.999. The molecule has 15 heavy (non-hydrogen) atoms. The van der Waals surface area contributed by atoms with Crippen LogP contribution in [0.1, 0.15) is 5.56 Å². The fraction of sp³-hybridized carbons (Fsp3) is 0.222. The first kappa shape index (κ1) is 11.3. The Labute approximate surface area is 84.6 Å². The fourth-order valence-corrected chi connectivity index (χ4v) is 1.08. The number of aliphatic carboxylic acids is 1. The molecule has 0 spiro atoms. The van der Waals surface area contributed by atoms with Gasteiger partial charge >= 0.3 is 5.97 Å². The maximum Gasteiger partial charge on any atom is 0.320 e. The average molecular weight is 215 g/mol. The van der Waals surface area contributed by atoms with E-state index in [-0.39, 0.29) is 12.0 Å². The minimum Gasteiger partial charge on any atom is -0.504 e. The van der Waals surface area contributed by atoms with Crippen LogP contribution in [0, 0.1) is 5.82 Å². The number of rotatable bonds is 3. The van der Waals surface area contributed by atoms with E-state index < -0.39 is 29.3 Å². The maximum atomic E-state index is 13.2. The number of carboxylic acids is 1. The molecule has 82 valence electrons. The molecule has 6 heteroatoms. The van der Waals surface area contributed by atoms with Crippen molar-refractivity contribution >= 4 is 5.97 Å². The first-order chi connectivity index (χ1) is 6.93. The number of benzene rings is 1. The zero-order valence-electron chi connectivity index (χ0n) is 7.64. The van der Waals surface area contributed by atoms with Crippen molar-refractivity contribution < 1.29 is 24.5 Å². The summed E-state index contributed by atoms with van der Waals surface area (Å²) in [5, 5.41) is 26.5. The molecule has 5 nitrogen and oxygen atoms in total. The Morgan fingerprint density at radius 2 is 2.07 bits per heavy atom. The fourth-order valence-electron chi connectivity index (χ4n) is 1.08. The van der Waals surface area contributed by atoms with Gasteiger partial charge in [-0.25, -0.2) is 4.39 Å². The zero-order chi connectivity index (χ0) is 11.6. The molecule has 0 bridgehead atoms. The van der Waals surface area contributed by atoms with E-state index in [0.29, 0.717) is 0 Å². The molecule has 0 aliphatic heterocycles. The molecule has 0 aliphatic rings. The van der Waals surface area contributed by atoms with Gasteiger partial charge in [-0.2, -0.15) is 0 Å². The Morgan fingerprint density at radius 1 is 1.47 bits per heavy atom. The van der Waals surface area contributed by atoms with Gasteiger partial charge in [0.1, 0.15) is 6.04 Å². The average Bonchev–Trinajstić information content (AvgIpc) is 2.18. The minimum absolute atomic E-state index is 0.0554. The van der Waals surface area contributed by atoms with Crippen LogP contribution in [0.25, 0.3) is 0 Å². The molecular formula is C9H10FNO4. The molecule has 1 atom stereocenters. The summed E-state index contributed by atoms with van der Waals surface area (Å²) < 4.78 is 13.2. The van der Waals surface area contributed by atoms with Gasteiger partial charge in [0.15, 0.2) is 17.3 Å². The highest BCUT2D eigenvalue weighted by Crippen LogP contribution is 2.30. The predicted octanol–water partition coefficient (Wildman–Crippen LogP) is 0.191. The quantitative estimate of drug-likeness (QED) is 0.539. The number of phenols is 2.